The summed E-state index contributed by atoms with van der Waals surface area (Å²) in [6.45, 7) is 1.84. The number of nitro groups is 1. The molecule has 3 rings (SSSR count). The second-order valence-electron chi connectivity index (χ2n) is 5.09. The molecule has 2 aromatic carbocycles. The third-order valence-corrected chi connectivity index (χ3v) is 4.10. The Bertz CT molecular complexity index is 972. The summed E-state index contributed by atoms with van der Waals surface area (Å²) in [4.78, 5) is 27.2. The van der Waals surface area contributed by atoms with E-state index in [-0.39, 0.29) is 11.3 Å². The number of aryl methyl sites for hydroxylation is 1. The van der Waals surface area contributed by atoms with Crippen molar-refractivity contribution in [3.05, 3.63) is 74.4 Å². The van der Waals surface area contributed by atoms with Crippen LogP contribution in [-0.4, -0.2) is 15.9 Å². The standard InChI is InChI=1S/C17H11BrN2O4/c1-10-5-6-11-3-2-4-15(16(11)19-10)24-17(21)13-9-12(20(22)23)7-8-14(13)18/h2-9H,1H3. The smallest absolute Gasteiger partial charge is 0.345 e. The summed E-state index contributed by atoms with van der Waals surface area (Å²) in [6, 6.07) is 12.9. The van der Waals surface area contributed by atoms with Crippen LogP contribution in [-0.2, 0) is 0 Å². The van der Waals surface area contributed by atoms with Crippen molar-refractivity contribution in [2.24, 2.45) is 0 Å². The Morgan fingerprint density at radius 1 is 1.21 bits per heavy atom. The molecule has 1 aromatic heterocycles. The first-order valence-electron chi connectivity index (χ1n) is 6.98. The largest absolute Gasteiger partial charge is 0.421 e. The van der Waals surface area contributed by atoms with Gasteiger partial charge in [0, 0.05) is 27.7 Å². The van der Waals surface area contributed by atoms with Gasteiger partial charge in [0.2, 0.25) is 0 Å². The predicted molar refractivity (Wildman–Crippen MR) is 92.2 cm³/mol. The minimum absolute atomic E-state index is 0.0776. The highest BCUT2D eigenvalue weighted by Gasteiger charge is 2.18. The second kappa shape index (κ2) is 6.37. The molecule has 0 spiro atoms. The van der Waals surface area contributed by atoms with Gasteiger partial charge < -0.3 is 4.74 Å². The minimum atomic E-state index is -0.693. The number of nitrogens with zero attached hydrogens (tertiary/aromatic N) is 2. The van der Waals surface area contributed by atoms with Gasteiger partial charge >= 0.3 is 5.97 Å². The molecule has 0 aliphatic carbocycles. The summed E-state index contributed by atoms with van der Waals surface area (Å²) in [5.41, 5.74) is 1.25. The zero-order chi connectivity index (χ0) is 17.3. The molecule has 0 N–H and O–H groups in total. The van der Waals surface area contributed by atoms with E-state index in [0.717, 1.165) is 11.1 Å². The van der Waals surface area contributed by atoms with Gasteiger partial charge in [-0.25, -0.2) is 9.78 Å². The van der Waals surface area contributed by atoms with Gasteiger partial charge in [-0.1, -0.05) is 18.2 Å². The molecule has 0 bridgehead atoms. The summed E-state index contributed by atoms with van der Waals surface area (Å²) in [5.74, 6) is -0.388. The molecule has 7 heteroatoms. The average molecular weight is 387 g/mol. The van der Waals surface area contributed by atoms with Gasteiger partial charge in [-0.15, -0.1) is 0 Å². The third-order valence-electron chi connectivity index (χ3n) is 3.41. The maximum absolute atomic E-state index is 12.4. The van der Waals surface area contributed by atoms with Crippen molar-refractivity contribution in [2.75, 3.05) is 0 Å². The van der Waals surface area contributed by atoms with E-state index in [1.807, 2.05) is 25.1 Å². The fourth-order valence-electron chi connectivity index (χ4n) is 2.24. The summed E-state index contributed by atoms with van der Waals surface area (Å²) in [5, 5.41) is 11.7. The first-order chi connectivity index (χ1) is 11.5. The molecule has 0 atom stereocenters. The molecule has 0 aliphatic heterocycles. The lowest BCUT2D eigenvalue weighted by Gasteiger charge is -2.08. The van der Waals surface area contributed by atoms with Crippen LogP contribution in [0.4, 0.5) is 5.69 Å². The lowest BCUT2D eigenvalue weighted by atomic mass is 10.2. The van der Waals surface area contributed by atoms with Crippen LogP contribution in [0.15, 0.2) is 53.0 Å². The first-order valence-corrected chi connectivity index (χ1v) is 7.77. The van der Waals surface area contributed by atoms with E-state index in [4.69, 9.17) is 4.74 Å². The molecule has 3 aromatic rings. The number of carbonyl (C=O) groups excluding carboxylic acids is 1. The zero-order valence-electron chi connectivity index (χ0n) is 12.5. The maximum Gasteiger partial charge on any atom is 0.345 e. The quantitative estimate of drug-likeness (QED) is 0.287. The van der Waals surface area contributed by atoms with Gasteiger partial charge in [-0.05, 0) is 41.1 Å². The number of ether oxygens (including phenoxy) is 1. The molecule has 0 radical (unpaired) electrons. The molecule has 0 saturated heterocycles. The van der Waals surface area contributed by atoms with Gasteiger partial charge in [0.25, 0.3) is 5.69 Å². The van der Waals surface area contributed by atoms with Crippen LogP contribution in [0.2, 0.25) is 0 Å². The van der Waals surface area contributed by atoms with Gasteiger partial charge in [-0.3, -0.25) is 10.1 Å². The molecule has 0 aliphatic rings. The number of halogens is 1. The number of carbonyl (C=O) groups is 1. The monoisotopic (exact) mass is 386 g/mol. The maximum atomic E-state index is 12.4. The highest BCUT2D eigenvalue weighted by molar-refractivity contribution is 9.10. The van der Waals surface area contributed by atoms with E-state index in [1.165, 1.54) is 18.2 Å². The Balaban J connectivity index is 2.00. The summed E-state index contributed by atoms with van der Waals surface area (Å²) in [6.07, 6.45) is 0. The molecular weight excluding hydrogens is 376 g/mol. The van der Waals surface area contributed by atoms with Crippen molar-refractivity contribution in [1.82, 2.24) is 4.98 Å². The number of pyridine rings is 1. The van der Waals surface area contributed by atoms with Crippen molar-refractivity contribution in [3.8, 4) is 5.75 Å². The molecule has 0 amide bonds. The van der Waals surface area contributed by atoms with Crippen LogP contribution in [0.3, 0.4) is 0 Å². The van der Waals surface area contributed by atoms with Crippen molar-refractivity contribution in [1.29, 1.82) is 0 Å². The van der Waals surface area contributed by atoms with Crippen molar-refractivity contribution in [3.63, 3.8) is 0 Å². The van der Waals surface area contributed by atoms with Gasteiger partial charge in [0.1, 0.15) is 5.52 Å². The van der Waals surface area contributed by atoms with Crippen molar-refractivity contribution in [2.45, 2.75) is 6.92 Å². The molecule has 120 valence electrons. The number of benzene rings is 2. The third kappa shape index (κ3) is 3.11. The Morgan fingerprint density at radius 3 is 2.75 bits per heavy atom. The summed E-state index contributed by atoms with van der Waals surface area (Å²) in [7, 11) is 0. The Kier molecular flexibility index (Phi) is 4.26. The number of hydrogen-bond acceptors (Lipinski definition) is 5. The normalized spacial score (nSPS) is 10.6. The predicted octanol–water partition coefficient (Wildman–Crippen LogP) is 4.43. The SMILES string of the molecule is Cc1ccc2cccc(OC(=O)c3cc([N+](=O)[O-])ccc3Br)c2n1. The van der Waals surface area contributed by atoms with Gasteiger partial charge in [-0.2, -0.15) is 0 Å². The highest BCUT2D eigenvalue weighted by atomic mass is 79.9. The van der Waals surface area contributed by atoms with E-state index in [9.17, 15) is 14.9 Å². The van der Waals surface area contributed by atoms with E-state index in [1.54, 1.807) is 12.1 Å². The van der Waals surface area contributed by atoms with E-state index >= 15 is 0 Å². The second-order valence-corrected chi connectivity index (χ2v) is 5.95. The summed E-state index contributed by atoms with van der Waals surface area (Å²) >= 11 is 3.22. The molecular formula is C17H11BrN2O4. The van der Waals surface area contributed by atoms with E-state index in [2.05, 4.69) is 20.9 Å². The molecule has 0 saturated carbocycles. The number of hydrogen-bond donors (Lipinski definition) is 0. The number of para-hydroxylation sites is 1. The number of nitro benzene ring substituents is 1. The fraction of sp³-hybridized carbons (Fsp3) is 0.0588. The zero-order valence-corrected chi connectivity index (χ0v) is 14.1. The summed E-state index contributed by atoms with van der Waals surface area (Å²) < 4.78 is 5.85. The van der Waals surface area contributed by atoms with Crippen molar-refractivity contribution < 1.29 is 14.5 Å². The Morgan fingerprint density at radius 2 is 2.00 bits per heavy atom. The molecule has 6 nitrogen and oxygen atoms in total. The molecule has 0 fully saturated rings. The average Bonchev–Trinajstić information content (AvgIpc) is 2.55. The van der Waals surface area contributed by atoms with Crippen LogP contribution < -0.4 is 4.74 Å². The fourth-order valence-corrected chi connectivity index (χ4v) is 2.65. The highest BCUT2D eigenvalue weighted by Crippen LogP contribution is 2.27. The van der Waals surface area contributed by atoms with Crippen LogP contribution in [0.5, 0.6) is 5.75 Å². The minimum Gasteiger partial charge on any atom is -0.421 e. The Labute approximate surface area is 145 Å². The van der Waals surface area contributed by atoms with E-state index in [0.29, 0.717) is 15.7 Å². The first kappa shape index (κ1) is 16.1. The Hall–Kier alpha value is -2.80. The van der Waals surface area contributed by atoms with Crippen LogP contribution >= 0.6 is 15.9 Å². The van der Waals surface area contributed by atoms with Crippen molar-refractivity contribution >= 4 is 38.5 Å². The van der Waals surface area contributed by atoms with Crippen LogP contribution in [0.25, 0.3) is 10.9 Å². The van der Waals surface area contributed by atoms with Gasteiger partial charge in [0.05, 0.1) is 10.5 Å². The number of esters is 1. The van der Waals surface area contributed by atoms with Gasteiger partial charge in [0.15, 0.2) is 5.75 Å². The van der Waals surface area contributed by atoms with E-state index < -0.39 is 10.9 Å². The molecule has 24 heavy (non-hydrogen) atoms. The number of fused-ring (bicyclic) bond motifs is 1. The lowest BCUT2D eigenvalue weighted by molar-refractivity contribution is -0.384. The lowest BCUT2D eigenvalue weighted by Crippen LogP contribution is -2.10. The topological polar surface area (TPSA) is 82.3 Å². The number of aromatic nitrogens is 1. The molecule has 0 unspecified atom stereocenters. The van der Waals surface area contributed by atoms with Crippen LogP contribution in [0, 0.1) is 17.0 Å². The number of rotatable bonds is 3. The molecule has 1 heterocycles. The number of non-ortho nitro benzene ring substituents is 1. The van der Waals surface area contributed by atoms with Crippen LogP contribution in [0.1, 0.15) is 16.1 Å².